The SMILES string of the molecule is c1ccc(-c2nc(-n3c4ccccc4c4ccc(-c5cccc6c5c5ccccc5n6-c5ccccc5)cc43)nc3ccccc23)cc1. The van der Waals surface area contributed by atoms with E-state index in [1.807, 2.05) is 12.1 Å². The van der Waals surface area contributed by atoms with E-state index in [0.29, 0.717) is 5.95 Å². The van der Waals surface area contributed by atoms with E-state index in [9.17, 15) is 0 Å². The van der Waals surface area contributed by atoms with Crippen molar-refractivity contribution in [2.45, 2.75) is 0 Å². The standard InChI is InChI=1S/C44H28N4/c1-3-14-29(15-4-1)43-35-19-7-10-22-37(35)45-44(46-43)48-38-23-11-8-18-33(38)34-27-26-30(28-41(34)48)32-21-13-25-40-42(32)36-20-9-12-24-39(36)47(40)31-16-5-2-6-17-31/h1-28H. The van der Waals surface area contributed by atoms with Crippen molar-refractivity contribution in [3.8, 4) is 34.0 Å². The average molecular weight is 613 g/mol. The summed E-state index contributed by atoms with van der Waals surface area (Å²) in [6.07, 6.45) is 0. The van der Waals surface area contributed by atoms with E-state index in [1.54, 1.807) is 0 Å². The van der Waals surface area contributed by atoms with Crippen LogP contribution in [0.15, 0.2) is 170 Å². The Morgan fingerprint density at radius 1 is 0.375 bits per heavy atom. The molecule has 0 bridgehead atoms. The van der Waals surface area contributed by atoms with Crippen LogP contribution in [0, 0.1) is 0 Å². The summed E-state index contributed by atoms with van der Waals surface area (Å²) in [5.74, 6) is 0.662. The lowest BCUT2D eigenvalue weighted by molar-refractivity contribution is 1.01. The van der Waals surface area contributed by atoms with Crippen LogP contribution in [0.4, 0.5) is 0 Å². The highest BCUT2D eigenvalue weighted by Gasteiger charge is 2.20. The van der Waals surface area contributed by atoms with Gasteiger partial charge < -0.3 is 4.57 Å². The van der Waals surface area contributed by atoms with Gasteiger partial charge in [-0.25, -0.2) is 9.97 Å². The molecule has 7 aromatic carbocycles. The van der Waals surface area contributed by atoms with E-state index in [2.05, 4.69) is 167 Å². The lowest BCUT2D eigenvalue weighted by atomic mass is 9.98. The monoisotopic (exact) mass is 612 g/mol. The summed E-state index contributed by atoms with van der Waals surface area (Å²) in [7, 11) is 0. The van der Waals surface area contributed by atoms with Crippen LogP contribution in [0.1, 0.15) is 0 Å². The molecule has 3 heterocycles. The van der Waals surface area contributed by atoms with Gasteiger partial charge in [0.25, 0.3) is 0 Å². The first kappa shape index (κ1) is 26.7. The summed E-state index contributed by atoms with van der Waals surface area (Å²) in [6.45, 7) is 0. The van der Waals surface area contributed by atoms with E-state index in [0.717, 1.165) is 44.4 Å². The molecule has 0 amide bonds. The third-order valence-electron chi connectivity index (χ3n) is 9.54. The zero-order chi connectivity index (χ0) is 31.6. The molecule has 4 heteroatoms. The van der Waals surface area contributed by atoms with Crippen molar-refractivity contribution in [2.75, 3.05) is 0 Å². The molecule has 10 aromatic rings. The van der Waals surface area contributed by atoms with E-state index in [1.165, 1.54) is 38.1 Å². The summed E-state index contributed by atoms with van der Waals surface area (Å²) < 4.78 is 4.61. The molecule has 3 aromatic heterocycles. The van der Waals surface area contributed by atoms with Gasteiger partial charge in [-0.05, 0) is 53.6 Å². The van der Waals surface area contributed by atoms with Gasteiger partial charge in [-0.1, -0.05) is 127 Å². The molecule has 0 aliphatic carbocycles. The Morgan fingerprint density at radius 3 is 1.81 bits per heavy atom. The fourth-order valence-corrected chi connectivity index (χ4v) is 7.45. The van der Waals surface area contributed by atoms with Crippen LogP contribution in [0.5, 0.6) is 0 Å². The molecule has 0 atom stereocenters. The van der Waals surface area contributed by atoms with Crippen molar-refractivity contribution in [3.63, 3.8) is 0 Å². The zero-order valence-corrected chi connectivity index (χ0v) is 26.0. The van der Waals surface area contributed by atoms with Crippen LogP contribution in [0.3, 0.4) is 0 Å². The fraction of sp³-hybridized carbons (Fsp3) is 0. The molecule has 4 nitrogen and oxygen atoms in total. The summed E-state index contributed by atoms with van der Waals surface area (Å²) >= 11 is 0. The highest BCUT2D eigenvalue weighted by atomic mass is 15.2. The van der Waals surface area contributed by atoms with Gasteiger partial charge in [-0.15, -0.1) is 0 Å². The average Bonchev–Trinajstić information content (AvgIpc) is 3.68. The predicted octanol–water partition coefficient (Wildman–Crippen LogP) is 11.2. The van der Waals surface area contributed by atoms with E-state index < -0.39 is 0 Å². The van der Waals surface area contributed by atoms with Gasteiger partial charge in [-0.2, -0.15) is 0 Å². The summed E-state index contributed by atoms with van der Waals surface area (Å²) in [4.78, 5) is 10.5. The second kappa shape index (κ2) is 10.5. The molecule has 0 N–H and O–H groups in total. The number of para-hydroxylation sites is 4. The molecule has 0 aliphatic heterocycles. The van der Waals surface area contributed by atoms with Gasteiger partial charge in [-0.3, -0.25) is 4.57 Å². The molecule has 0 unspecified atom stereocenters. The van der Waals surface area contributed by atoms with Gasteiger partial charge in [0.2, 0.25) is 5.95 Å². The van der Waals surface area contributed by atoms with E-state index in [-0.39, 0.29) is 0 Å². The van der Waals surface area contributed by atoms with Crippen molar-refractivity contribution in [2.24, 2.45) is 0 Å². The fourth-order valence-electron chi connectivity index (χ4n) is 7.45. The summed E-state index contributed by atoms with van der Waals surface area (Å²) in [6, 6.07) is 60.1. The Bertz CT molecular complexity index is 2830. The smallest absolute Gasteiger partial charge is 0.235 e. The van der Waals surface area contributed by atoms with Gasteiger partial charge >= 0.3 is 0 Å². The van der Waals surface area contributed by atoms with Crippen molar-refractivity contribution < 1.29 is 0 Å². The maximum atomic E-state index is 5.29. The number of hydrogen-bond acceptors (Lipinski definition) is 2. The van der Waals surface area contributed by atoms with Crippen LogP contribution in [-0.4, -0.2) is 19.1 Å². The lowest BCUT2D eigenvalue weighted by Gasteiger charge is -2.12. The Kier molecular flexibility index (Phi) is 5.84. The van der Waals surface area contributed by atoms with Crippen LogP contribution < -0.4 is 0 Å². The highest BCUT2D eigenvalue weighted by Crippen LogP contribution is 2.41. The minimum absolute atomic E-state index is 0.662. The summed E-state index contributed by atoms with van der Waals surface area (Å²) in [5.41, 5.74) is 11.0. The van der Waals surface area contributed by atoms with Crippen molar-refractivity contribution in [1.82, 2.24) is 19.1 Å². The van der Waals surface area contributed by atoms with Gasteiger partial charge in [0, 0.05) is 38.2 Å². The molecule has 224 valence electrons. The van der Waals surface area contributed by atoms with Gasteiger partial charge in [0.05, 0.1) is 33.3 Å². The van der Waals surface area contributed by atoms with E-state index >= 15 is 0 Å². The first-order valence-electron chi connectivity index (χ1n) is 16.3. The normalized spacial score (nSPS) is 11.8. The maximum Gasteiger partial charge on any atom is 0.235 e. The largest absolute Gasteiger partial charge is 0.309 e. The van der Waals surface area contributed by atoms with Crippen LogP contribution in [0.2, 0.25) is 0 Å². The minimum atomic E-state index is 0.662. The van der Waals surface area contributed by atoms with E-state index in [4.69, 9.17) is 9.97 Å². The summed E-state index contributed by atoms with van der Waals surface area (Å²) in [5, 5.41) is 5.86. The molecule has 0 radical (unpaired) electrons. The predicted molar refractivity (Wildman–Crippen MR) is 199 cm³/mol. The minimum Gasteiger partial charge on any atom is -0.309 e. The number of benzene rings is 7. The molecule has 10 rings (SSSR count). The molecule has 0 fully saturated rings. The maximum absolute atomic E-state index is 5.29. The number of fused-ring (bicyclic) bond motifs is 7. The van der Waals surface area contributed by atoms with Crippen molar-refractivity contribution >= 4 is 54.5 Å². The number of nitrogens with zero attached hydrogens (tertiary/aromatic N) is 4. The second-order valence-corrected chi connectivity index (χ2v) is 12.2. The second-order valence-electron chi connectivity index (χ2n) is 12.2. The van der Waals surface area contributed by atoms with Crippen LogP contribution in [0.25, 0.3) is 88.5 Å². The third-order valence-corrected chi connectivity index (χ3v) is 9.54. The van der Waals surface area contributed by atoms with Crippen molar-refractivity contribution in [1.29, 1.82) is 0 Å². The van der Waals surface area contributed by atoms with Gasteiger partial charge in [0.1, 0.15) is 0 Å². The first-order valence-corrected chi connectivity index (χ1v) is 16.3. The third kappa shape index (κ3) is 3.96. The molecule has 48 heavy (non-hydrogen) atoms. The Hall–Kier alpha value is -6.52. The molecule has 0 aliphatic rings. The Labute approximate surface area is 276 Å². The number of aromatic nitrogens is 4. The number of hydrogen-bond donors (Lipinski definition) is 0. The zero-order valence-electron chi connectivity index (χ0n) is 26.0. The Balaban J connectivity index is 1.27. The molecule has 0 saturated carbocycles. The highest BCUT2D eigenvalue weighted by molar-refractivity contribution is 6.17. The lowest BCUT2D eigenvalue weighted by Crippen LogP contribution is -2.03. The topological polar surface area (TPSA) is 35.6 Å². The molecule has 0 spiro atoms. The number of rotatable bonds is 4. The quantitative estimate of drug-likeness (QED) is 0.198. The van der Waals surface area contributed by atoms with Crippen LogP contribution >= 0.6 is 0 Å². The van der Waals surface area contributed by atoms with Crippen LogP contribution in [-0.2, 0) is 0 Å². The van der Waals surface area contributed by atoms with Gasteiger partial charge in [0.15, 0.2) is 0 Å². The first-order chi connectivity index (χ1) is 23.8. The molecular weight excluding hydrogens is 585 g/mol. The molecular formula is C44H28N4. The Morgan fingerprint density at radius 2 is 1.00 bits per heavy atom. The molecule has 0 saturated heterocycles. The van der Waals surface area contributed by atoms with Crippen molar-refractivity contribution in [3.05, 3.63) is 170 Å².